The minimum absolute atomic E-state index is 0.158. The smallest absolute Gasteiger partial charge is 0.124 e. The van der Waals surface area contributed by atoms with Crippen LogP contribution in [0.15, 0.2) is 18.2 Å². The zero-order chi connectivity index (χ0) is 14.0. The van der Waals surface area contributed by atoms with Crippen LogP contribution < -0.4 is 10.2 Å². The van der Waals surface area contributed by atoms with Crippen molar-refractivity contribution in [2.75, 3.05) is 18.0 Å². The Labute approximate surface area is 128 Å². The molecule has 1 fully saturated rings. The summed E-state index contributed by atoms with van der Waals surface area (Å²) in [5.74, 6) is 0.502. The van der Waals surface area contributed by atoms with E-state index in [0.717, 1.165) is 22.3 Å². The number of anilines is 1. The van der Waals surface area contributed by atoms with Gasteiger partial charge in [0.05, 0.1) is 5.69 Å². The first-order valence-electron chi connectivity index (χ1n) is 6.98. The summed E-state index contributed by atoms with van der Waals surface area (Å²) in [7, 11) is 0. The van der Waals surface area contributed by atoms with Gasteiger partial charge in [0.2, 0.25) is 0 Å². The van der Waals surface area contributed by atoms with Crippen molar-refractivity contribution < 1.29 is 4.39 Å². The highest BCUT2D eigenvalue weighted by Gasteiger charge is 2.28. The lowest BCUT2D eigenvalue weighted by Gasteiger charge is -2.42. The molecular weight excluding hydrogens is 354 g/mol. The van der Waals surface area contributed by atoms with Gasteiger partial charge in [0.15, 0.2) is 0 Å². The molecule has 0 aliphatic carbocycles. The largest absolute Gasteiger partial charge is 0.365 e. The highest BCUT2D eigenvalue weighted by Crippen LogP contribution is 2.28. The highest BCUT2D eigenvalue weighted by molar-refractivity contribution is 14.1. The molecule has 2 rings (SSSR count). The number of benzene rings is 1. The molecule has 1 aliphatic heterocycles. The van der Waals surface area contributed by atoms with Crippen molar-refractivity contribution in [3.05, 3.63) is 27.6 Å². The minimum Gasteiger partial charge on any atom is -0.365 e. The minimum atomic E-state index is -0.158. The van der Waals surface area contributed by atoms with E-state index in [9.17, 15) is 4.39 Å². The number of halogens is 2. The molecule has 4 heteroatoms. The number of piperazine rings is 1. The van der Waals surface area contributed by atoms with Gasteiger partial charge in [0, 0.05) is 28.7 Å². The van der Waals surface area contributed by atoms with Gasteiger partial charge in [-0.1, -0.05) is 20.3 Å². The zero-order valence-electron chi connectivity index (χ0n) is 11.8. The number of hydrogen-bond acceptors (Lipinski definition) is 2. The molecule has 1 saturated heterocycles. The molecule has 0 aromatic heterocycles. The van der Waals surface area contributed by atoms with E-state index >= 15 is 0 Å². The summed E-state index contributed by atoms with van der Waals surface area (Å²) in [6.07, 6.45) is 1.18. The first kappa shape index (κ1) is 15.0. The van der Waals surface area contributed by atoms with Crippen LogP contribution in [0.3, 0.4) is 0 Å². The van der Waals surface area contributed by atoms with Crippen LogP contribution in [0, 0.1) is 15.3 Å². The van der Waals surface area contributed by atoms with E-state index < -0.39 is 0 Å². The van der Waals surface area contributed by atoms with Crippen molar-refractivity contribution in [2.24, 2.45) is 5.92 Å². The second kappa shape index (κ2) is 6.39. The topological polar surface area (TPSA) is 15.3 Å². The molecule has 2 nitrogen and oxygen atoms in total. The maximum absolute atomic E-state index is 13.2. The first-order valence-corrected chi connectivity index (χ1v) is 8.05. The summed E-state index contributed by atoms with van der Waals surface area (Å²) < 4.78 is 14.2. The quantitative estimate of drug-likeness (QED) is 0.811. The summed E-state index contributed by atoms with van der Waals surface area (Å²) in [5, 5.41) is 3.63. The van der Waals surface area contributed by atoms with Crippen molar-refractivity contribution in [3.8, 4) is 0 Å². The number of nitrogens with one attached hydrogen (secondary N) is 1. The molecule has 106 valence electrons. The fourth-order valence-corrected chi connectivity index (χ4v) is 3.39. The summed E-state index contributed by atoms with van der Waals surface area (Å²) in [5.41, 5.74) is 1.16. The zero-order valence-corrected chi connectivity index (χ0v) is 13.9. The molecule has 0 bridgehead atoms. The molecule has 0 spiro atoms. The molecule has 0 amide bonds. The van der Waals surface area contributed by atoms with Crippen LogP contribution in [0.5, 0.6) is 0 Å². The maximum atomic E-state index is 13.2. The lowest BCUT2D eigenvalue weighted by Crippen LogP contribution is -2.57. The van der Waals surface area contributed by atoms with Gasteiger partial charge >= 0.3 is 0 Å². The lowest BCUT2D eigenvalue weighted by molar-refractivity contribution is 0.315. The van der Waals surface area contributed by atoms with Gasteiger partial charge in [0.25, 0.3) is 0 Å². The predicted octanol–water partition coefficient (Wildman–Crippen LogP) is 3.64. The van der Waals surface area contributed by atoms with Gasteiger partial charge in [0.1, 0.15) is 5.82 Å². The first-order chi connectivity index (χ1) is 9.02. The predicted molar refractivity (Wildman–Crippen MR) is 87.2 cm³/mol. The van der Waals surface area contributed by atoms with E-state index in [1.54, 1.807) is 12.1 Å². The van der Waals surface area contributed by atoms with E-state index in [-0.39, 0.29) is 5.82 Å². The second-order valence-corrected chi connectivity index (χ2v) is 6.66. The molecule has 3 atom stereocenters. The molecule has 1 heterocycles. The van der Waals surface area contributed by atoms with Crippen molar-refractivity contribution in [2.45, 2.75) is 39.3 Å². The Balaban J connectivity index is 2.21. The van der Waals surface area contributed by atoms with Crippen LogP contribution in [0.25, 0.3) is 0 Å². The van der Waals surface area contributed by atoms with Crippen molar-refractivity contribution in [3.63, 3.8) is 0 Å². The Morgan fingerprint density at radius 2 is 2.26 bits per heavy atom. The Morgan fingerprint density at radius 3 is 2.89 bits per heavy atom. The third kappa shape index (κ3) is 3.40. The standard InChI is InChI=1S/C15H22FIN2/c1-4-10(2)14-9-19(11(3)8-18-14)15-6-5-12(16)7-13(15)17/h5-7,10-11,14,18H,4,8-9H2,1-3H3. The van der Waals surface area contributed by atoms with Gasteiger partial charge in [-0.2, -0.15) is 0 Å². The van der Waals surface area contributed by atoms with Gasteiger partial charge in [-0.25, -0.2) is 4.39 Å². The van der Waals surface area contributed by atoms with Crippen LogP contribution in [-0.2, 0) is 0 Å². The molecule has 19 heavy (non-hydrogen) atoms. The van der Waals surface area contributed by atoms with Crippen LogP contribution in [0.2, 0.25) is 0 Å². The number of hydrogen-bond donors (Lipinski definition) is 1. The van der Waals surface area contributed by atoms with Crippen molar-refractivity contribution >= 4 is 28.3 Å². The summed E-state index contributed by atoms with van der Waals surface area (Å²) in [6.45, 7) is 8.73. The summed E-state index contributed by atoms with van der Waals surface area (Å²) >= 11 is 2.23. The highest BCUT2D eigenvalue weighted by atomic mass is 127. The number of nitrogens with zero attached hydrogens (tertiary/aromatic N) is 1. The Morgan fingerprint density at radius 1 is 1.53 bits per heavy atom. The molecule has 1 N–H and O–H groups in total. The maximum Gasteiger partial charge on any atom is 0.124 e. The van der Waals surface area contributed by atoms with Gasteiger partial charge < -0.3 is 10.2 Å². The summed E-state index contributed by atoms with van der Waals surface area (Å²) in [4.78, 5) is 2.41. The molecule has 3 unspecified atom stereocenters. The van der Waals surface area contributed by atoms with E-state index in [2.05, 4.69) is 53.6 Å². The Kier molecular flexibility index (Phi) is 5.06. The van der Waals surface area contributed by atoms with Crippen LogP contribution in [-0.4, -0.2) is 25.2 Å². The summed E-state index contributed by atoms with van der Waals surface area (Å²) in [6, 6.07) is 6.04. The molecule has 1 aromatic carbocycles. The van der Waals surface area contributed by atoms with E-state index in [4.69, 9.17) is 0 Å². The van der Waals surface area contributed by atoms with E-state index in [1.165, 1.54) is 6.42 Å². The van der Waals surface area contributed by atoms with E-state index in [0.29, 0.717) is 18.0 Å². The molecular formula is C15H22FIN2. The van der Waals surface area contributed by atoms with Crippen molar-refractivity contribution in [1.29, 1.82) is 0 Å². The Hall–Kier alpha value is -0.360. The normalized spacial score (nSPS) is 25.4. The third-order valence-corrected chi connectivity index (χ3v) is 5.01. The molecule has 1 aliphatic rings. The van der Waals surface area contributed by atoms with Crippen molar-refractivity contribution in [1.82, 2.24) is 5.32 Å². The van der Waals surface area contributed by atoms with E-state index in [1.807, 2.05) is 6.07 Å². The second-order valence-electron chi connectivity index (χ2n) is 5.50. The van der Waals surface area contributed by atoms with Crippen LogP contribution >= 0.6 is 22.6 Å². The fourth-order valence-electron chi connectivity index (χ4n) is 2.60. The van der Waals surface area contributed by atoms with Crippen LogP contribution in [0.4, 0.5) is 10.1 Å². The molecule has 0 radical (unpaired) electrons. The SMILES string of the molecule is CCC(C)C1CN(c2ccc(F)cc2I)C(C)CN1. The number of rotatable bonds is 3. The van der Waals surface area contributed by atoms with Gasteiger partial charge in [-0.15, -0.1) is 0 Å². The lowest BCUT2D eigenvalue weighted by atomic mass is 9.95. The average Bonchev–Trinajstić information content (AvgIpc) is 2.39. The van der Waals surface area contributed by atoms with Gasteiger partial charge in [-0.3, -0.25) is 0 Å². The Bertz CT molecular complexity index is 438. The molecule has 1 aromatic rings. The van der Waals surface area contributed by atoms with Gasteiger partial charge in [-0.05, 0) is 53.6 Å². The van der Waals surface area contributed by atoms with Crippen LogP contribution in [0.1, 0.15) is 27.2 Å². The fraction of sp³-hybridized carbons (Fsp3) is 0.600. The monoisotopic (exact) mass is 376 g/mol. The third-order valence-electron chi connectivity index (χ3n) is 4.15. The average molecular weight is 376 g/mol. The molecule has 0 saturated carbocycles.